The van der Waals surface area contributed by atoms with Crippen LogP contribution in [-0.4, -0.2) is 58.4 Å². The van der Waals surface area contributed by atoms with Gasteiger partial charge in [-0.1, -0.05) is 24.3 Å². The molecule has 0 bridgehead atoms. The number of thiazole rings is 1. The van der Waals surface area contributed by atoms with Crippen LogP contribution in [0.4, 0.5) is 0 Å². The summed E-state index contributed by atoms with van der Waals surface area (Å²) in [6, 6.07) is 11.9. The van der Waals surface area contributed by atoms with E-state index in [1.54, 1.807) is 35.9 Å². The third kappa shape index (κ3) is 5.83. The van der Waals surface area contributed by atoms with Crippen LogP contribution in [0.2, 0.25) is 0 Å². The molecule has 6 nitrogen and oxygen atoms in total. The molecule has 2 fully saturated rings. The van der Waals surface area contributed by atoms with Crippen LogP contribution in [0.25, 0.3) is 21.8 Å². The van der Waals surface area contributed by atoms with Crippen LogP contribution >= 0.6 is 11.3 Å². The van der Waals surface area contributed by atoms with E-state index in [4.69, 9.17) is 5.84 Å². The Morgan fingerprint density at radius 1 is 1.06 bits per heavy atom. The Hall–Kier alpha value is -2.45. The topological polar surface area (TPSA) is 75.3 Å². The van der Waals surface area contributed by atoms with Crippen LogP contribution in [0.3, 0.4) is 0 Å². The standard InChI is InChI=1S/C15H10N2OS.C9H19N3/c18-9-11-3-5-12(6-4-11)15-17-14(10-19-15)13-2-1-7-16-8-13;10-12-7-3-4-9(12)8-11-5-1-2-6-11/h1-10H;9H,1-8,10H2. The molecule has 162 valence electrons. The molecular formula is C24H29N5OS. The van der Waals surface area contributed by atoms with Gasteiger partial charge in [-0.05, 0) is 50.9 Å². The van der Waals surface area contributed by atoms with Crippen LogP contribution in [0.5, 0.6) is 0 Å². The van der Waals surface area contributed by atoms with E-state index in [-0.39, 0.29) is 0 Å². The van der Waals surface area contributed by atoms with Crippen molar-refractivity contribution >= 4 is 17.6 Å². The smallest absolute Gasteiger partial charge is 0.150 e. The van der Waals surface area contributed by atoms with Crippen molar-refractivity contribution in [3.8, 4) is 21.8 Å². The van der Waals surface area contributed by atoms with Gasteiger partial charge in [-0.25, -0.2) is 9.99 Å². The maximum absolute atomic E-state index is 10.6. The largest absolute Gasteiger partial charge is 0.302 e. The summed E-state index contributed by atoms with van der Waals surface area (Å²) in [6.07, 6.45) is 9.74. The van der Waals surface area contributed by atoms with Crippen molar-refractivity contribution in [3.05, 3.63) is 59.7 Å². The molecule has 0 amide bonds. The summed E-state index contributed by atoms with van der Waals surface area (Å²) in [5, 5.41) is 4.98. The van der Waals surface area contributed by atoms with E-state index in [1.807, 2.05) is 34.7 Å². The van der Waals surface area contributed by atoms with Crippen molar-refractivity contribution in [3.63, 3.8) is 0 Å². The molecule has 0 saturated carbocycles. The van der Waals surface area contributed by atoms with Gasteiger partial charge in [0.1, 0.15) is 11.3 Å². The molecule has 1 unspecified atom stereocenters. The lowest BCUT2D eigenvalue weighted by Gasteiger charge is -2.24. The van der Waals surface area contributed by atoms with Gasteiger partial charge in [-0.2, -0.15) is 0 Å². The Balaban J connectivity index is 0.000000166. The van der Waals surface area contributed by atoms with Gasteiger partial charge in [-0.3, -0.25) is 15.6 Å². The zero-order chi connectivity index (χ0) is 21.5. The average molecular weight is 436 g/mol. The number of hydrogen-bond acceptors (Lipinski definition) is 7. The van der Waals surface area contributed by atoms with E-state index < -0.39 is 0 Å². The fourth-order valence-electron chi connectivity index (χ4n) is 4.07. The molecule has 5 rings (SSSR count). The first-order valence-corrected chi connectivity index (χ1v) is 11.8. The summed E-state index contributed by atoms with van der Waals surface area (Å²) < 4.78 is 0. The number of carbonyl (C=O) groups is 1. The first-order chi connectivity index (χ1) is 15.2. The first-order valence-electron chi connectivity index (χ1n) is 10.9. The molecule has 2 aromatic heterocycles. The normalized spacial score (nSPS) is 19.2. The quantitative estimate of drug-likeness (QED) is 0.480. The Morgan fingerprint density at radius 3 is 2.52 bits per heavy atom. The molecule has 0 aliphatic carbocycles. The molecule has 3 aromatic rings. The molecule has 2 N–H and O–H groups in total. The molecule has 2 saturated heterocycles. The second kappa shape index (κ2) is 10.7. The number of nitrogens with zero attached hydrogens (tertiary/aromatic N) is 4. The van der Waals surface area contributed by atoms with Crippen LogP contribution in [0, 0.1) is 0 Å². The molecular weight excluding hydrogens is 406 g/mol. The van der Waals surface area contributed by atoms with Crippen molar-refractivity contribution in [2.75, 3.05) is 26.2 Å². The molecule has 0 spiro atoms. The maximum Gasteiger partial charge on any atom is 0.150 e. The van der Waals surface area contributed by atoms with Crippen LogP contribution < -0.4 is 5.84 Å². The molecule has 7 heteroatoms. The van der Waals surface area contributed by atoms with Gasteiger partial charge >= 0.3 is 0 Å². The number of aromatic nitrogens is 2. The predicted octanol–water partition coefficient (Wildman–Crippen LogP) is 4.10. The lowest BCUT2D eigenvalue weighted by Crippen LogP contribution is -2.43. The minimum absolute atomic E-state index is 0.642. The maximum atomic E-state index is 10.6. The number of nitrogens with two attached hydrogens (primary N) is 1. The van der Waals surface area contributed by atoms with Crippen LogP contribution in [-0.2, 0) is 0 Å². The minimum Gasteiger partial charge on any atom is -0.302 e. The summed E-state index contributed by atoms with van der Waals surface area (Å²) in [4.78, 5) is 21.9. The van der Waals surface area contributed by atoms with Gasteiger partial charge in [0.15, 0.2) is 0 Å². The number of rotatable bonds is 5. The number of pyridine rings is 1. The van der Waals surface area contributed by atoms with Gasteiger partial charge in [-0.15, -0.1) is 11.3 Å². The minimum atomic E-state index is 0.642. The molecule has 1 atom stereocenters. The number of hydrazine groups is 1. The van der Waals surface area contributed by atoms with E-state index in [0.29, 0.717) is 11.6 Å². The van der Waals surface area contributed by atoms with Gasteiger partial charge < -0.3 is 4.90 Å². The summed E-state index contributed by atoms with van der Waals surface area (Å²) in [6.45, 7) is 4.89. The third-order valence-corrected chi connectivity index (χ3v) is 6.74. The number of aldehydes is 1. The second-order valence-electron chi connectivity index (χ2n) is 8.06. The molecule has 4 heterocycles. The molecule has 31 heavy (non-hydrogen) atoms. The third-order valence-electron chi connectivity index (χ3n) is 5.85. The highest BCUT2D eigenvalue weighted by Gasteiger charge is 2.24. The highest BCUT2D eigenvalue weighted by molar-refractivity contribution is 7.13. The zero-order valence-electron chi connectivity index (χ0n) is 17.7. The molecule has 2 aliphatic rings. The summed E-state index contributed by atoms with van der Waals surface area (Å²) in [5.41, 5.74) is 3.63. The number of benzene rings is 1. The fraction of sp³-hybridized carbons (Fsp3) is 0.375. The SMILES string of the molecule is NN1CCCC1CN1CCCC1.O=Cc1ccc(-c2nc(-c3cccnc3)cs2)cc1. The van der Waals surface area contributed by atoms with Crippen molar-refractivity contribution in [1.82, 2.24) is 19.9 Å². The van der Waals surface area contributed by atoms with Crippen LogP contribution in [0.1, 0.15) is 36.0 Å². The van der Waals surface area contributed by atoms with E-state index in [2.05, 4.69) is 14.9 Å². The van der Waals surface area contributed by atoms with E-state index in [1.165, 1.54) is 45.3 Å². The van der Waals surface area contributed by atoms with E-state index in [9.17, 15) is 4.79 Å². The zero-order valence-corrected chi connectivity index (χ0v) is 18.5. The van der Waals surface area contributed by atoms with Gasteiger partial charge in [0, 0.05) is 53.6 Å². The fourth-order valence-corrected chi connectivity index (χ4v) is 4.91. The Morgan fingerprint density at radius 2 is 1.87 bits per heavy atom. The molecule has 2 aliphatic heterocycles. The first kappa shape index (κ1) is 21.8. The van der Waals surface area contributed by atoms with E-state index in [0.717, 1.165) is 34.7 Å². The summed E-state index contributed by atoms with van der Waals surface area (Å²) in [5.74, 6) is 5.86. The van der Waals surface area contributed by atoms with Gasteiger partial charge in [0.25, 0.3) is 0 Å². The average Bonchev–Trinajstić information content (AvgIpc) is 3.59. The lowest BCUT2D eigenvalue weighted by molar-refractivity contribution is 0.112. The Labute approximate surface area is 187 Å². The predicted molar refractivity (Wildman–Crippen MR) is 126 cm³/mol. The lowest BCUT2D eigenvalue weighted by atomic mass is 10.1. The summed E-state index contributed by atoms with van der Waals surface area (Å²) >= 11 is 1.58. The van der Waals surface area contributed by atoms with Crippen molar-refractivity contribution in [1.29, 1.82) is 0 Å². The monoisotopic (exact) mass is 435 g/mol. The second-order valence-corrected chi connectivity index (χ2v) is 8.92. The highest BCUT2D eigenvalue weighted by atomic mass is 32.1. The number of likely N-dealkylation sites (tertiary alicyclic amines) is 1. The Bertz CT molecular complexity index is 954. The molecule has 0 radical (unpaired) electrons. The van der Waals surface area contributed by atoms with Gasteiger partial charge in [0.2, 0.25) is 0 Å². The molecule has 1 aromatic carbocycles. The van der Waals surface area contributed by atoms with Crippen molar-refractivity contribution in [2.45, 2.75) is 31.7 Å². The summed E-state index contributed by atoms with van der Waals surface area (Å²) in [7, 11) is 0. The highest BCUT2D eigenvalue weighted by Crippen LogP contribution is 2.28. The number of hydrogen-bond donors (Lipinski definition) is 1. The van der Waals surface area contributed by atoms with Crippen molar-refractivity contribution < 1.29 is 4.79 Å². The van der Waals surface area contributed by atoms with Crippen LogP contribution in [0.15, 0.2) is 54.2 Å². The van der Waals surface area contributed by atoms with Crippen molar-refractivity contribution in [2.24, 2.45) is 5.84 Å². The number of carbonyl (C=O) groups excluding carboxylic acids is 1. The Kier molecular flexibility index (Phi) is 7.53. The van der Waals surface area contributed by atoms with Gasteiger partial charge in [0.05, 0.1) is 5.69 Å². The van der Waals surface area contributed by atoms with E-state index >= 15 is 0 Å².